The predicted octanol–water partition coefficient (Wildman–Crippen LogP) is 0.954. The van der Waals surface area contributed by atoms with E-state index in [0.717, 1.165) is 39.0 Å². The van der Waals surface area contributed by atoms with E-state index in [2.05, 4.69) is 5.32 Å². The summed E-state index contributed by atoms with van der Waals surface area (Å²) in [5, 5.41) is 3.26. The smallest absolute Gasteiger partial charge is 0.322 e. The van der Waals surface area contributed by atoms with Crippen LogP contribution in [-0.2, 0) is 14.3 Å². The second-order valence-corrected chi connectivity index (χ2v) is 3.95. The van der Waals surface area contributed by atoms with Crippen LogP contribution in [0.2, 0.25) is 0 Å². The summed E-state index contributed by atoms with van der Waals surface area (Å²) in [4.78, 5) is 11.3. The van der Waals surface area contributed by atoms with Gasteiger partial charge in [0, 0.05) is 13.2 Å². The average molecular weight is 215 g/mol. The largest absolute Gasteiger partial charge is 0.468 e. The fraction of sp³-hybridized carbons (Fsp3) is 0.909. The van der Waals surface area contributed by atoms with Gasteiger partial charge in [0.15, 0.2) is 0 Å². The Bertz CT molecular complexity index is 190. The van der Waals surface area contributed by atoms with Crippen LogP contribution in [0, 0.1) is 5.92 Å². The van der Waals surface area contributed by atoms with Gasteiger partial charge in [0.05, 0.1) is 7.11 Å². The molecule has 1 saturated heterocycles. The molecule has 1 aliphatic rings. The molecule has 0 aliphatic carbocycles. The van der Waals surface area contributed by atoms with Gasteiger partial charge in [-0.2, -0.15) is 0 Å². The van der Waals surface area contributed by atoms with E-state index in [1.54, 1.807) is 0 Å². The molecule has 0 aromatic heterocycles. The second-order valence-electron chi connectivity index (χ2n) is 3.95. The summed E-state index contributed by atoms with van der Waals surface area (Å²) in [5.41, 5.74) is 0. The molecule has 1 heterocycles. The SMILES string of the molecule is CCC(NCC1CCOCC1)C(=O)OC. The van der Waals surface area contributed by atoms with Gasteiger partial charge in [0.1, 0.15) is 6.04 Å². The third-order valence-electron chi connectivity index (χ3n) is 2.89. The molecule has 0 amide bonds. The molecular formula is C11H21NO3. The number of carbonyl (C=O) groups is 1. The minimum atomic E-state index is -0.162. The van der Waals surface area contributed by atoms with E-state index in [0.29, 0.717) is 5.92 Å². The van der Waals surface area contributed by atoms with E-state index < -0.39 is 0 Å². The van der Waals surface area contributed by atoms with Crippen molar-refractivity contribution in [3.05, 3.63) is 0 Å². The Balaban J connectivity index is 2.23. The Labute approximate surface area is 91.3 Å². The highest BCUT2D eigenvalue weighted by Crippen LogP contribution is 2.13. The number of nitrogens with one attached hydrogen (secondary N) is 1. The van der Waals surface area contributed by atoms with Gasteiger partial charge in [-0.1, -0.05) is 6.92 Å². The van der Waals surface area contributed by atoms with E-state index in [-0.39, 0.29) is 12.0 Å². The van der Waals surface area contributed by atoms with Gasteiger partial charge in [-0.25, -0.2) is 0 Å². The van der Waals surface area contributed by atoms with Gasteiger partial charge in [0.2, 0.25) is 0 Å². The van der Waals surface area contributed by atoms with Crippen LogP contribution in [-0.4, -0.2) is 38.9 Å². The number of hydrogen-bond donors (Lipinski definition) is 1. The van der Waals surface area contributed by atoms with E-state index in [9.17, 15) is 4.79 Å². The number of methoxy groups -OCH3 is 1. The lowest BCUT2D eigenvalue weighted by molar-refractivity contribution is -0.143. The molecule has 0 aromatic rings. The van der Waals surface area contributed by atoms with Gasteiger partial charge < -0.3 is 14.8 Å². The van der Waals surface area contributed by atoms with Crippen molar-refractivity contribution in [3.8, 4) is 0 Å². The molecular weight excluding hydrogens is 194 g/mol. The summed E-state index contributed by atoms with van der Waals surface area (Å²) in [6.07, 6.45) is 2.95. The highest BCUT2D eigenvalue weighted by Gasteiger charge is 2.19. The normalized spacial score (nSPS) is 19.9. The zero-order valence-electron chi connectivity index (χ0n) is 9.62. The lowest BCUT2D eigenvalue weighted by Gasteiger charge is -2.24. The van der Waals surface area contributed by atoms with Crippen LogP contribution in [0.25, 0.3) is 0 Å². The summed E-state index contributed by atoms with van der Waals surface area (Å²) >= 11 is 0. The monoisotopic (exact) mass is 215 g/mol. The third-order valence-corrected chi connectivity index (χ3v) is 2.89. The van der Waals surface area contributed by atoms with Crippen molar-refractivity contribution >= 4 is 5.97 Å². The molecule has 0 radical (unpaired) electrons. The van der Waals surface area contributed by atoms with Crippen molar-refractivity contribution in [2.24, 2.45) is 5.92 Å². The molecule has 88 valence electrons. The lowest BCUT2D eigenvalue weighted by Crippen LogP contribution is -2.40. The Hall–Kier alpha value is -0.610. The summed E-state index contributed by atoms with van der Waals surface area (Å²) in [7, 11) is 1.43. The number of esters is 1. The molecule has 1 aliphatic heterocycles. The van der Waals surface area contributed by atoms with Crippen LogP contribution in [0.5, 0.6) is 0 Å². The Morgan fingerprint density at radius 2 is 2.20 bits per heavy atom. The molecule has 0 aromatic carbocycles. The highest BCUT2D eigenvalue weighted by molar-refractivity contribution is 5.75. The number of rotatable bonds is 5. The van der Waals surface area contributed by atoms with Crippen molar-refractivity contribution in [1.29, 1.82) is 0 Å². The van der Waals surface area contributed by atoms with Crippen LogP contribution < -0.4 is 5.32 Å². The molecule has 1 fully saturated rings. The Morgan fingerprint density at radius 1 is 1.53 bits per heavy atom. The number of hydrogen-bond acceptors (Lipinski definition) is 4. The van der Waals surface area contributed by atoms with Crippen molar-refractivity contribution in [2.45, 2.75) is 32.2 Å². The maximum Gasteiger partial charge on any atom is 0.322 e. The van der Waals surface area contributed by atoms with Crippen molar-refractivity contribution in [3.63, 3.8) is 0 Å². The molecule has 0 bridgehead atoms. The molecule has 1 N–H and O–H groups in total. The zero-order chi connectivity index (χ0) is 11.1. The first-order valence-corrected chi connectivity index (χ1v) is 5.66. The summed E-state index contributed by atoms with van der Waals surface area (Å²) in [6, 6.07) is -0.155. The second kappa shape index (κ2) is 6.80. The van der Waals surface area contributed by atoms with Crippen LogP contribution >= 0.6 is 0 Å². The van der Waals surface area contributed by atoms with Crippen LogP contribution in [0.15, 0.2) is 0 Å². The topological polar surface area (TPSA) is 47.6 Å². The summed E-state index contributed by atoms with van der Waals surface area (Å²) in [6.45, 7) is 4.57. The summed E-state index contributed by atoms with van der Waals surface area (Å²) < 4.78 is 10.00. The van der Waals surface area contributed by atoms with Gasteiger partial charge in [0.25, 0.3) is 0 Å². The van der Waals surface area contributed by atoms with Gasteiger partial charge >= 0.3 is 5.97 Å². The molecule has 1 atom stereocenters. The molecule has 0 saturated carbocycles. The molecule has 1 unspecified atom stereocenters. The first-order valence-electron chi connectivity index (χ1n) is 5.66. The van der Waals surface area contributed by atoms with Gasteiger partial charge in [-0.15, -0.1) is 0 Å². The Kier molecular flexibility index (Phi) is 5.65. The van der Waals surface area contributed by atoms with Crippen molar-refractivity contribution < 1.29 is 14.3 Å². The van der Waals surface area contributed by atoms with Gasteiger partial charge in [-0.05, 0) is 31.7 Å². The van der Waals surface area contributed by atoms with E-state index >= 15 is 0 Å². The molecule has 4 heteroatoms. The lowest BCUT2D eigenvalue weighted by atomic mass is 10.00. The fourth-order valence-corrected chi connectivity index (χ4v) is 1.80. The Morgan fingerprint density at radius 3 is 2.73 bits per heavy atom. The van der Waals surface area contributed by atoms with E-state index in [1.807, 2.05) is 6.92 Å². The van der Waals surface area contributed by atoms with Crippen LogP contribution in [0.1, 0.15) is 26.2 Å². The predicted molar refractivity (Wildman–Crippen MR) is 57.6 cm³/mol. The molecule has 4 nitrogen and oxygen atoms in total. The van der Waals surface area contributed by atoms with Gasteiger partial charge in [-0.3, -0.25) is 4.79 Å². The van der Waals surface area contributed by atoms with Crippen molar-refractivity contribution in [1.82, 2.24) is 5.32 Å². The first kappa shape index (κ1) is 12.5. The van der Waals surface area contributed by atoms with Crippen LogP contribution in [0.4, 0.5) is 0 Å². The minimum absolute atomic E-state index is 0.155. The summed E-state index contributed by atoms with van der Waals surface area (Å²) in [5.74, 6) is 0.474. The van der Waals surface area contributed by atoms with E-state index in [1.165, 1.54) is 7.11 Å². The maximum absolute atomic E-state index is 11.3. The van der Waals surface area contributed by atoms with Crippen LogP contribution in [0.3, 0.4) is 0 Å². The minimum Gasteiger partial charge on any atom is -0.468 e. The standard InChI is InChI=1S/C11H21NO3/c1-3-10(11(13)14-2)12-8-9-4-6-15-7-5-9/h9-10,12H,3-8H2,1-2H3. The fourth-order valence-electron chi connectivity index (χ4n) is 1.80. The first-order chi connectivity index (χ1) is 7.27. The third kappa shape index (κ3) is 4.18. The maximum atomic E-state index is 11.3. The average Bonchev–Trinajstić information content (AvgIpc) is 2.31. The number of ether oxygens (including phenoxy) is 2. The molecule has 0 spiro atoms. The highest BCUT2D eigenvalue weighted by atomic mass is 16.5. The number of carbonyl (C=O) groups excluding carboxylic acids is 1. The molecule has 1 rings (SSSR count). The quantitative estimate of drug-likeness (QED) is 0.694. The van der Waals surface area contributed by atoms with E-state index in [4.69, 9.17) is 9.47 Å². The molecule has 15 heavy (non-hydrogen) atoms. The van der Waals surface area contributed by atoms with Crippen molar-refractivity contribution in [2.75, 3.05) is 26.9 Å². The zero-order valence-corrected chi connectivity index (χ0v) is 9.62.